The molecule has 4 rings (SSSR count). The molecule has 1 aromatic heterocycles. The zero-order valence-electron chi connectivity index (χ0n) is 17.1. The van der Waals surface area contributed by atoms with Crippen LogP contribution in [0.3, 0.4) is 0 Å². The second-order valence-electron chi connectivity index (χ2n) is 7.30. The Balaban J connectivity index is 1.57. The first kappa shape index (κ1) is 19.1. The van der Waals surface area contributed by atoms with Crippen molar-refractivity contribution in [3.63, 3.8) is 0 Å². The van der Waals surface area contributed by atoms with Gasteiger partial charge in [0, 0.05) is 0 Å². The van der Waals surface area contributed by atoms with Gasteiger partial charge in [0.15, 0.2) is 11.9 Å². The Hall–Kier alpha value is -3.27. The Morgan fingerprint density at radius 2 is 1.72 bits per heavy atom. The maximum absolute atomic E-state index is 6.21. The van der Waals surface area contributed by atoms with Gasteiger partial charge in [-0.25, -0.2) is 4.98 Å². The van der Waals surface area contributed by atoms with Gasteiger partial charge in [-0.2, -0.15) is 0 Å². The topological polar surface area (TPSA) is 36.3 Å². The maximum atomic E-state index is 6.21. The van der Waals surface area contributed by atoms with Crippen molar-refractivity contribution in [2.75, 3.05) is 6.61 Å². The van der Waals surface area contributed by atoms with Crippen LogP contribution in [0.15, 0.2) is 72.8 Å². The van der Waals surface area contributed by atoms with Crippen molar-refractivity contribution in [3.05, 3.63) is 89.7 Å². The summed E-state index contributed by atoms with van der Waals surface area (Å²) in [4.78, 5) is 4.86. The van der Waals surface area contributed by atoms with E-state index in [1.54, 1.807) is 0 Å². The Morgan fingerprint density at radius 3 is 2.55 bits per heavy atom. The van der Waals surface area contributed by atoms with E-state index in [9.17, 15) is 0 Å². The van der Waals surface area contributed by atoms with Crippen LogP contribution < -0.4 is 9.47 Å². The van der Waals surface area contributed by atoms with Crippen LogP contribution in [0.5, 0.6) is 11.5 Å². The summed E-state index contributed by atoms with van der Waals surface area (Å²) in [5.41, 5.74) is 4.38. The van der Waals surface area contributed by atoms with Gasteiger partial charge in [0.05, 0.1) is 17.6 Å². The van der Waals surface area contributed by atoms with Gasteiger partial charge in [0.2, 0.25) is 0 Å². The molecular formula is C25H26N2O2. The Kier molecular flexibility index (Phi) is 5.52. The van der Waals surface area contributed by atoms with E-state index in [1.807, 2.05) is 61.5 Å². The number of aryl methyl sites for hydroxylation is 2. The molecule has 3 aromatic carbocycles. The molecule has 0 saturated carbocycles. The van der Waals surface area contributed by atoms with Crippen LogP contribution in [0, 0.1) is 13.8 Å². The van der Waals surface area contributed by atoms with Gasteiger partial charge in [-0.3, -0.25) is 0 Å². The van der Waals surface area contributed by atoms with Crippen LogP contribution in [0.4, 0.5) is 0 Å². The highest BCUT2D eigenvalue weighted by Gasteiger charge is 2.18. The van der Waals surface area contributed by atoms with Crippen molar-refractivity contribution in [3.8, 4) is 11.5 Å². The molecule has 148 valence electrons. The summed E-state index contributed by atoms with van der Waals surface area (Å²) in [5, 5.41) is 0. The Labute approximate surface area is 171 Å². The molecule has 0 fully saturated rings. The highest BCUT2D eigenvalue weighted by molar-refractivity contribution is 5.76. The molecule has 0 bridgehead atoms. The monoisotopic (exact) mass is 386 g/mol. The number of hydrogen-bond donors (Lipinski definition) is 0. The minimum absolute atomic E-state index is 0.178. The molecule has 0 aliphatic carbocycles. The van der Waals surface area contributed by atoms with E-state index in [1.165, 1.54) is 5.56 Å². The van der Waals surface area contributed by atoms with E-state index >= 15 is 0 Å². The number of hydrogen-bond acceptors (Lipinski definition) is 3. The fourth-order valence-corrected chi connectivity index (χ4v) is 3.55. The van der Waals surface area contributed by atoms with Crippen molar-refractivity contribution >= 4 is 11.0 Å². The molecular weight excluding hydrogens is 360 g/mol. The predicted octanol–water partition coefficient (Wildman–Crippen LogP) is 5.87. The third-order valence-electron chi connectivity index (χ3n) is 5.02. The highest BCUT2D eigenvalue weighted by atomic mass is 16.5. The first-order valence-corrected chi connectivity index (χ1v) is 9.99. The molecule has 0 aliphatic rings. The first-order chi connectivity index (χ1) is 14.1. The number of benzene rings is 3. The standard InChI is InChI=1S/C25H26N2O2/c1-18-9-8-11-21(17-18)29-20(3)25-26-22-12-5-6-13-23(22)27(25)15-16-28-24-14-7-4-10-19(24)2/h4-14,17,20H,15-16H2,1-3H3. The molecule has 0 saturated heterocycles. The lowest BCUT2D eigenvalue weighted by molar-refractivity contribution is 0.207. The van der Waals surface area contributed by atoms with Gasteiger partial charge in [-0.1, -0.05) is 42.5 Å². The van der Waals surface area contributed by atoms with E-state index in [2.05, 4.69) is 36.6 Å². The summed E-state index contributed by atoms with van der Waals surface area (Å²) in [7, 11) is 0. The van der Waals surface area contributed by atoms with Crippen LogP contribution in [0.25, 0.3) is 11.0 Å². The molecule has 4 nitrogen and oxygen atoms in total. The lowest BCUT2D eigenvalue weighted by Gasteiger charge is -2.17. The molecule has 0 amide bonds. The van der Waals surface area contributed by atoms with Gasteiger partial charge in [0.1, 0.15) is 18.1 Å². The van der Waals surface area contributed by atoms with Crippen molar-refractivity contribution in [1.29, 1.82) is 0 Å². The smallest absolute Gasteiger partial charge is 0.153 e. The molecule has 4 heteroatoms. The van der Waals surface area contributed by atoms with E-state index in [0.717, 1.165) is 33.9 Å². The number of nitrogens with zero attached hydrogens (tertiary/aromatic N) is 2. The van der Waals surface area contributed by atoms with Gasteiger partial charge < -0.3 is 14.0 Å². The SMILES string of the molecule is Cc1cccc(OC(C)c2nc3ccccc3n2CCOc2ccccc2C)c1. The molecule has 0 aliphatic heterocycles. The molecule has 1 heterocycles. The van der Waals surface area contributed by atoms with Gasteiger partial charge in [-0.05, 0) is 62.2 Å². The Morgan fingerprint density at radius 1 is 0.931 bits per heavy atom. The van der Waals surface area contributed by atoms with Crippen LogP contribution in [-0.4, -0.2) is 16.2 Å². The number of aromatic nitrogens is 2. The van der Waals surface area contributed by atoms with Crippen LogP contribution >= 0.6 is 0 Å². The molecule has 29 heavy (non-hydrogen) atoms. The fraction of sp³-hybridized carbons (Fsp3) is 0.240. The minimum atomic E-state index is -0.178. The number of ether oxygens (including phenoxy) is 2. The van der Waals surface area contributed by atoms with Crippen LogP contribution in [0.2, 0.25) is 0 Å². The summed E-state index contributed by atoms with van der Waals surface area (Å²) in [6.07, 6.45) is -0.178. The number of fused-ring (bicyclic) bond motifs is 1. The van der Waals surface area contributed by atoms with E-state index in [4.69, 9.17) is 14.5 Å². The zero-order valence-corrected chi connectivity index (χ0v) is 17.1. The second-order valence-corrected chi connectivity index (χ2v) is 7.30. The molecule has 0 radical (unpaired) electrons. The molecule has 1 atom stereocenters. The average Bonchev–Trinajstić information content (AvgIpc) is 3.08. The van der Waals surface area contributed by atoms with E-state index in [-0.39, 0.29) is 6.10 Å². The summed E-state index contributed by atoms with van der Waals surface area (Å²) in [5.74, 6) is 2.68. The van der Waals surface area contributed by atoms with Crippen molar-refractivity contribution in [1.82, 2.24) is 9.55 Å². The summed E-state index contributed by atoms with van der Waals surface area (Å²) in [6, 6.07) is 24.4. The normalized spacial score (nSPS) is 12.1. The number of imidazole rings is 1. The van der Waals surface area contributed by atoms with Gasteiger partial charge in [0.25, 0.3) is 0 Å². The third kappa shape index (κ3) is 4.27. The average molecular weight is 386 g/mol. The number of para-hydroxylation sites is 3. The molecule has 1 unspecified atom stereocenters. The summed E-state index contributed by atoms with van der Waals surface area (Å²) < 4.78 is 14.5. The summed E-state index contributed by atoms with van der Waals surface area (Å²) >= 11 is 0. The quantitative estimate of drug-likeness (QED) is 0.398. The summed E-state index contributed by atoms with van der Waals surface area (Å²) in [6.45, 7) is 7.43. The third-order valence-corrected chi connectivity index (χ3v) is 5.02. The first-order valence-electron chi connectivity index (χ1n) is 9.99. The Bertz CT molecular complexity index is 1120. The van der Waals surface area contributed by atoms with Gasteiger partial charge >= 0.3 is 0 Å². The van der Waals surface area contributed by atoms with Crippen molar-refractivity contribution in [2.45, 2.75) is 33.4 Å². The van der Waals surface area contributed by atoms with Crippen molar-refractivity contribution in [2.24, 2.45) is 0 Å². The van der Waals surface area contributed by atoms with Crippen molar-refractivity contribution < 1.29 is 9.47 Å². The van der Waals surface area contributed by atoms with Crippen LogP contribution in [0.1, 0.15) is 30.0 Å². The zero-order chi connectivity index (χ0) is 20.2. The highest BCUT2D eigenvalue weighted by Crippen LogP contribution is 2.26. The molecule has 0 N–H and O–H groups in total. The lowest BCUT2D eigenvalue weighted by Crippen LogP contribution is -2.16. The van der Waals surface area contributed by atoms with Crippen LogP contribution in [-0.2, 0) is 6.54 Å². The predicted molar refractivity (Wildman–Crippen MR) is 117 cm³/mol. The second kappa shape index (κ2) is 8.39. The fourth-order valence-electron chi connectivity index (χ4n) is 3.55. The molecule has 0 spiro atoms. The van der Waals surface area contributed by atoms with E-state index < -0.39 is 0 Å². The largest absolute Gasteiger partial charge is 0.491 e. The maximum Gasteiger partial charge on any atom is 0.153 e. The minimum Gasteiger partial charge on any atom is -0.491 e. The van der Waals surface area contributed by atoms with Gasteiger partial charge in [-0.15, -0.1) is 0 Å². The number of rotatable bonds is 7. The molecule has 4 aromatic rings. The van der Waals surface area contributed by atoms with E-state index in [0.29, 0.717) is 13.2 Å². The lowest BCUT2D eigenvalue weighted by atomic mass is 10.2.